The molecule has 55 heavy (non-hydrogen) atoms. The van der Waals surface area contributed by atoms with Crippen molar-refractivity contribution in [3.8, 4) is 0 Å². The highest BCUT2D eigenvalue weighted by Crippen LogP contribution is 2.28. The van der Waals surface area contributed by atoms with Gasteiger partial charge in [0.15, 0.2) is 0 Å². The zero-order valence-corrected chi connectivity index (χ0v) is 33.8. The third-order valence-corrected chi connectivity index (χ3v) is 9.63. The minimum atomic E-state index is 0.757. The molecule has 0 N–H and O–H groups in total. The molecule has 0 saturated heterocycles. The van der Waals surface area contributed by atoms with Crippen LogP contribution < -0.4 is 0 Å². The van der Waals surface area contributed by atoms with E-state index in [4.69, 9.17) is 29.9 Å². The zero-order valence-electron chi connectivity index (χ0n) is 33.8. The SMILES string of the molecule is CC(=Nc1cccc(Cc2cccc(N=C(C)c3cccc(C(C)=Nc4c(C)cc(C)cc4C)n3)c2)c1)c1cccc(C(C)=Nc2c(C)cc(C)cc2C)n1. The third kappa shape index (κ3) is 9.70. The number of aryl methyl sites for hydroxylation is 6. The quantitative estimate of drug-likeness (QED) is 0.132. The van der Waals surface area contributed by atoms with Gasteiger partial charge in [-0.1, -0.05) is 71.8 Å². The molecule has 276 valence electrons. The molecule has 0 saturated carbocycles. The summed E-state index contributed by atoms with van der Waals surface area (Å²) in [5.74, 6) is 0. The van der Waals surface area contributed by atoms with Gasteiger partial charge in [0.2, 0.25) is 0 Å². The van der Waals surface area contributed by atoms with E-state index in [9.17, 15) is 0 Å². The highest BCUT2D eigenvalue weighted by molar-refractivity contribution is 6.03. The number of hydrogen-bond donors (Lipinski definition) is 0. The van der Waals surface area contributed by atoms with Gasteiger partial charge in [-0.25, -0.2) is 9.97 Å². The number of nitrogens with zero attached hydrogens (tertiary/aromatic N) is 6. The first kappa shape index (κ1) is 38.6. The fraction of sp³-hybridized carbons (Fsp3) is 0.224. The number of aromatic nitrogens is 2. The van der Waals surface area contributed by atoms with E-state index in [1.165, 1.54) is 44.5 Å². The molecule has 0 aliphatic heterocycles. The van der Waals surface area contributed by atoms with E-state index in [1.54, 1.807) is 0 Å². The van der Waals surface area contributed by atoms with Crippen LogP contribution in [0.1, 0.15) is 95.0 Å². The van der Waals surface area contributed by atoms with Gasteiger partial charge in [-0.15, -0.1) is 0 Å². The van der Waals surface area contributed by atoms with Crippen molar-refractivity contribution in [3.05, 3.63) is 176 Å². The van der Waals surface area contributed by atoms with Crippen LogP contribution in [-0.4, -0.2) is 32.8 Å². The second-order valence-corrected chi connectivity index (χ2v) is 14.6. The lowest BCUT2D eigenvalue weighted by Gasteiger charge is -2.10. The van der Waals surface area contributed by atoms with Crippen molar-refractivity contribution in [3.63, 3.8) is 0 Å². The Morgan fingerprint density at radius 3 is 1.05 bits per heavy atom. The van der Waals surface area contributed by atoms with E-state index in [2.05, 4.69) is 102 Å². The standard InChI is InChI=1S/C49H50N6/c1-30-23-32(3)48(33(4)24-30)52-38(9)46-21-13-19-44(54-46)36(7)50-42-17-11-15-40(28-42)27-41-16-12-18-43(29-41)51-37(8)45-20-14-22-47(55-45)39(10)53-49-34(5)25-31(2)26-35(49)6/h11-26,28-29H,27H2,1-10H3. The molecule has 6 nitrogen and oxygen atoms in total. The smallest absolute Gasteiger partial charge is 0.0849 e. The minimum Gasteiger partial charge on any atom is -0.252 e. The summed E-state index contributed by atoms with van der Waals surface area (Å²) in [6.07, 6.45) is 0.757. The van der Waals surface area contributed by atoms with Crippen molar-refractivity contribution in [2.24, 2.45) is 20.0 Å². The fourth-order valence-corrected chi connectivity index (χ4v) is 7.03. The molecule has 0 atom stereocenters. The Labute approximate surface area is 326 Å². The van der Waals surface area contributed by atoms with Crippen molar-refractivity contribution < 1.29 is 0 Å². The lowest BCUT2D eigenvalue weighted by molar-refractivity contribution is 1.18. The van der Waals surface area contributed by atoms with Gasteiger partial charge in [-0.3, -0.25) is 20.0 Å². The maximum atomic E-state index is 4.98. The van der Waals surface area contributed by atoms with Crippen molar-refractivity contribution >= 4 is 45.6 Å². The monoisotopic (exact) mass is 722 g/mol. The summed E-state index contributed by atoms with van der Waals surface area (Å²) >= 11 is 0. The topological polar surface area (TPSA) is 75.2 Å². The summed E-state index contributed by atoms with van der Waals surface area (Å²) < 4.78 is 0. The van der Waals surface area contributed by atoms with E-state index in [0.29, 0.717) is 0 Å². The van der Waals surface area contributed by atoms with Crippen LogP contribution in [0.15, 0.2) is 129 Å². The molecule has 0 aliphatic carbocycles. The van der Waals surface area contributed by atoms with Crippen LogP contribution in [0.5, 0.6) is 0 Å². The number of rotatable bonds is 10. The highest BCUT2D eigenvalue weighted by Gasteiger charge is 2.10. The number of benzene rings is 4. The first-order chi connectivity index (χ1) is 26.3. The van der Waals surface area contributed by atoms with Gasteiger partial charge < -0.3 is 0 Å². The average molecular weight is 723 g/mol. The summed E-state index contributed by atoms with van der Waals surface area (Å²) in [6.45, 7) is 20.7. The zero-order chi connectivity index (χ0) is 39.2. The van der Waals surface area contributed by atoms with Crippen LogP contribution in [0.4, 0.5) is 22.7 Å². The lowest BCUT2D eigenvalue weighted by atomic mass is 10.0. The van der Waals surface area contributed by atoms with E-state index >= 15 is 0 Å². The molecule has 6 heteroatoms. The fourth-order valence-electron chi connectivity index (χ4n) is 7.03. The predicted octanol–water partition coefficient (Wildman–Crippen LogP) is 12.5. The average Bonchev–Trinajstić information content (AvgIpc) is 3.14. The number of hydrogen-bond acceptors (Lipinski definition) is 6. The molecule has 0 radical (unpaired) electrons. The van der Waals surface area contributed by atoms with Crippen LogP contribution in [0.25, 0.3) is 0 Å². The van der Waals surface area contributed by atoms with Gasteiger partial charge in [0.1, 0.15) is 0 Å². The molecule has 0 spiro atoms. The first-order valence-corrected chi connectivity index (χ1v) is 18.8. The summed E-state index contributed by atoms with van der Waals surface area (Å²) in [4.78, 5) is 29.8. The Hall–Kier alpha value is -6.14. The van der Waals surface area contributed by atoms with Crippen LogP contribution in [0.3, 0.4) is 0 Å². The Kier molecular flexibility index (Phi) is 11.9. The summed E-state index contributed by atoms with van der Waals surface area (Å²) in [5.41, 5.74) is 20.1. The molecule has 0 fully saturated rings. The molecule has 6 aromatic rings. The first-order valence-electron chi connectivity index (χ1n) is 18.8. The maximum Gasteiger partial charge on any atom is 0.0849 e. The minimum absolute atomic E-state index is 0.757. The largest absolute Gasteiger partial charge is 0.252 e. The molecule has 2 aromatic heterocycles. The van der Waals surface area contributed by atoms with E-state index in [0.717, 1.165) is 74.8 Å². The van der Waals surface area contributed by atoms with Crippen LogP contribution in [0.2, 0.25) is 0 Å². The summed E-state index contributed by atoms with van der Waals surface area (Å²) in [6, 6.07) is 37.5. The number of aliphatic imine (C=N–C) groups is 4. The maximum absolute atomic E-state index is 4.98. The molecule has 0 unspecified atom stereocenters. The molecule has 0 bridgehead atoms. The van der Waals surface area contributed by atoms with Crippen LogP contribution in [0, 0.1) is 41.5 Å². The van der Waals surface area contributed by atoms with Crippen LogP contribution >= 0.6 is 0 Å². The van der Waals surface area contributed by atoms with Gasteiger partial charge in [0.25, 0.3) is 0 Å². The van der Waals surface area contributed by atoms with Gasteiger partial charge in [0, 0.05) is 0 Å². The summed E-state index contributed by atoms with van der Waals surface area (Å²) in [7, 11) is 0. The second-order valence-electron chi connectivity index (χ2n) is 14.6. The van der Waals surface area contributed by atoms with E-state index < -0.39 is 0 Å². The Balaban J connectivity index is 1.17. The van der Waals surface area contributed by atoms with Gasteiger partial charge in [-0.2, -0.15) is 0 Å². The Morgan fingerprint density at radius 1 is 0.400 bits per heavy atom. The number of pyridine rings is 2. The molecule has 2 heterocycles. The molecule has 6 rings (SSSR count). The van der Waals surface area contributed by atoms with Gasteiger partial charge in [-0.05, 0) is 158 Å². The predicted molar refractivity (Wildman–Crippen MR) is 233 cm³/mol. The van der Waals surface area contributed by atoms with Crippen LogP contribution in [-0.2, 0) is 6.42 Å². The Bertz CT molecular complexity index is 2300. The normalized spacial score (nSPS) is 12.7. The van der Waals surface area contributed by atoms with E-state index in [-0.39, 0.29) is 0 Å². The van der Waals surface area contributed by atoms with E-state index in [1.807, 2.05) is 76.2 Å². The van der Waals surface area contributed by atoms with Crippen molar-refractivity contribution in [2.45, 2.75) is 75.7 Å². The molecule has 0 aliphatic rings. The van der Waals surface area contributed by atoms with Gasteiger partial charge >= 0.3 is 0 Å². The van der Waals surface area contributed by atoms with Crippen molar-refractivity contribution in [1.82, 2.24) is 9.97 Å². The lowest BCUT2D eigenvalue weighted by Crippen LogP contribution is -2.05. The highest BCUT2D eigenvalue weighted by atomic mass is 14.8. The second kappa shape index (κ2) is 16.9. The molecular formula is C49H50N6. The third-order valence-electron chi connectivity index (χ3n) is 9.63. The molecule has 0 amide bonds. The molecule has 4 aromatic carbocycles. The summed E-state index contributed by atoms with van der Waals surface area (Å²) in [5, 5.41) is 0. The van der Waals surface area contributed by atoms with Gasteiger partial charge in [0.05, 0.1) is 68.4 Å². The Morgan fingerprint density at radius 2 is 0.709 bits per heavy atom. The molecular weight excluding hydrogens is 673 g/mol. The van der Waals surface area contributed by atoms with Crippen molar-refractivity contribution in [2.75, 3.05) is 0 Å². The van der Waals surface area contributed by atoms with Crippen molar-refractivity contribution in [1.29, 1.82) is 0 Å².